The number of nitrogens with one attached hydrogen (secondary N) is 1. The molecule has 1 amide bonds. The number of fused-ring (bicyclic) bond motifs is 2. The Kier molecular flexibility index (Phi) is 2.39. The predicted octanol–water partition coefficient (Wildman–Crippen LogP) is 3.04. The van der Waals surface area contributed by atoms with Gasteiger partial charge >= 0.3 is 0 Å². The fourth-order valence-corrected chi connectivity index (χ4v) is 4.35. The summed E-state index contributed by atoms with van der Waals surface area (Å²) in [6.07, 6.45) is 6.43. The van der Waals surface area contributed by atoms with Crippen LogP contribution in [-0.4, -0.2) is 11.9 Å². The highest BCUT2D eigenvalue weighted by Crippen LogP contribution is 2.55. The van der Waals surface area contributed by atoms with Gasteiger partial charge in [-0.3, -0.25) is 4.79 Å². The van der Waals surface area contributed by atoms with Gasteiger partial charge in [-0.1, -0.05) is 26.7 Å². The first kappa shape index (κ1) is 11.3. The fourth-order valence-electron chi connectivity index (χ4n) is 4.35. The number of amides is 1. The average molecular weight is 233 g/mol. The molecule has 2 nitrogen and oxygen atoms in total. The van der Waals surface area contributed by atoms with E-state index in [-0.39, 0.29) is 5.91 Å². The van der Waals surface area contributed by atoms with E-state index in [9.17, 15) is 4.79 Å². The second kappa shape index (κ2) is 3.60. The maximum Gasteiger partial charge on any atom is 0.247 e. The molecule has 2 heteroatoms. The van der Waals surface area contributed by atoms with Crippen LogP contribution in [0.15, 0.2) is 11.1 Å². The van der Waals surface area contributed by atoms with Gasteiger partial charge in [-0.2, -0.15) is 0 Å². The second-order valence-corrected chi connectivity index (χ2v) is 6.62. The van der Waals surface area contributed by atoms with E-state index in [1.807, 2.05) is 6.92 Å². The van der Waals surface area contributed by atoms with Crippen molar-refractivity contribution in [3.05, 3.63) is 11.1 Å². The topological polar surface area (TPSA) is 29.1 Å². The molecular weight excluding hydrogens is 210 g/mol. The average Bonchev–Trinajstić information content (AvgIpc) is 2.55. The van der Waals surface area contributed by atoms with Gasteiger partial charge < -0.3 is 5.32 Å². The molecule has 0 aromatic heterocycles. The highest BCUT2D eigenvalue weighted by molar-refractivity contribution is 5.97. The Morgan fingerprint density at radius 1 is 1.35 bits per heavy atom. The van der Waals surface area contributed by atoms with E-state index in [0.29, 0.717) is 11.5 Å². The minimum Gasteiger partial charge on any atom is -0.346 e. The van der Waals surface area contributed by atoms with E-state index in [1.54, 1.807) is 0 Å². The van der Waals surface area contributed by atoms with Gasteiger partial charge in [0.05, 0.1) is 6.04 Å². The van der Waals surface area contributed by atoms with Crippen LogP contribution in [0.2, 0.25) is 0 Å². The van der Waals surface area contributed by atoms with E-state index < -0.39 is 0 Å². The molecule has 0 unspecified atom stereocenters. The Morgan fingerprint density at radius 2 is 2.12 bits per heavy atom. The van der Waals surface area contributed by atoms with Gasteiger partial charge in [0.25, 0.3) is 0 Å². The van der Waals surface area contributed by atoms with Gasteiger partial charge in [-0.15, -0.1) is 0 Å². The van der Waals surface area contributed by atoms with Crippen molar-refractivity contribution in [1.29, 1.82) is 0 Å². The molecule has 0 aromatic carbocycles. The zero-order valence-corrected chi connectivity index (χ0v) is 11.2. The van der Waals surface area contributed by atoms with Crippen molar-refractivity contribution >= 4 is 5.91 Å². The summed E-state index contributed by atoms with van der Waals surface area (Å²) in [4.78, 5) is 11.8. The summed E-state index contributed by atoms with van der Waals surface area (Å²) in [5, 5.41) is 3.16. The van der Waals surface area contributed by atoms with Crippen LogP contribution >= 0.6 is 0 Å². The van der Waals surface area contributed by atoms with Gasteiger partial charge in [-0.05, 0) is 49.0 Å². The molecule has 0 saturated heterocycles. The van der Waals surface area contributed by atoms with Gasteiger partial charge in [0.15, 0.2) is 0 Å². The van der Waals surface area contributed by atoms with E-state index in [0.717, 1.165) is 23.8 Å². The first-order valence-corrected chi connectivity index (χ1v) is 7.03. The Labute approximate surface area is 104 Å². The Morgan fingerprint density at radius 3 is 2.88 bits per heavy atom. The Bertz CT molecular complexity index is 398. The van der Waals surface area contributed by atoms with Gasteiger partial charge in [0, 0.05) is 5.57 Å². The standard InChI is InChI=1S/C15H23NO/c1-9-5-4-6-11-7-13-12(8-15(9,11)3)10(2)14(17)16-13/h9,11,13H,4-8H2,1-3H3,(H,16,17)/t9-,11+,13-,15+/m0/s1. The van der Waals surface area contributed by atoms with Crippen molar-refractivity contribution in [2.75, 3.05) is 0 Å². The third-order valence-corrected chi connectivity index (χ3v) is 5.89. The minimum absolute atomic E-state index is 0.180. The quantitative estimate of drug-likeness (QED) is 0.684. The van der Waals surface area contributed by atoms with E-state index in [4.69, 9.17) is 0 Å². The zero-order chi connectivity index (χ0) is 12.2. The molecule has 3 rings (SSSR count). The molecule has 0 radical (unpaired) electrons. The SMILES string of the molecule is CC1=C2C[C@@]3(C)[C@H](CCC[C@@H]3C)C[C@@H]2NC1=O. The van der Waals surface area contributed by atoms with Crippen LogP contribution in [0.1, 0.15) is 52.9 Å². The normalized spacial score (nSPS) is 45.4. The maximum absolute atomic E-state index is 11.8. The summed E-state index contributed by atoms with van der Waals surface area (Å²) in [6, 6.07) is 0.367. The maximum atomic E-state index is 11.8. The van der Waals surface area contributed by atoms with E-state index in [1.165, 1.54) is 31.3 Å². The van der Waals surface area contributed by atoms with Gasteiger partial charge in [-0.25, -0.2) is 0 Å². The second-order valence-electron chi connectivity index (χ2n) is 6.62. The summed E-state index contributed by atoms with van der Waals surface area (Å²) in [6.45, 7) is 6.87. The smallest absolute Gasteiger partial charge is 0.247 e. The minimum atomic E-state index is 0.180. The number of rotatable bonds is 0. The summed E-state index contributed by atoms with van der Waals surface area (Å²) in [7, 11) is 0. The monoisotopic (exact) mass is 233 g/mol. The summed E-state index contributed by atoms with van der Waals surface area (Å²) in [5.41, 5.74) is 2.87. The number of carbonyl (C=O) groups is 1. The van der Waals surface area contributed by atoms with Crippen LogP contribution in [0, 0.1) is 17.3 Å². The van der Waals surface area contributed by atoms with Crippen molar-refractivity contribution in [3.8, 4) is 0 Å². The van der Waals surface area contributed by atoms with E-state index in [2.05, 4.69) is 19.2 Å². The molecule has 1 N–H and O–H groups in total. The molecule has 2 fully saturated rings. The van der Waals surface area contributed by atoms with Crippen LogP contribution in [0.4, 0.5) is 0 Å². The zero-order valence-electron chi connectivity index (χ0n) is 11.2. The molecule has 4 atom stereocenters. The third kappa shape index (κ3) is 1.49. The van der Waals surface area contributed by atoms with Crippen molar-refractivity contribution in [2.24, 2.45) is 17.3 Å². The first-order valence-electron chi connectivity index (χ1n) is 7.03. The Balaban J connectivity index is 1.95. The predicted molar refractivity (Wildman–Crippen MR) is 68.5 cm³/mol. The molecular formula is C15H23NO. The van der Waals surface area contributed by atoms with Crippen LogP contribution in [-0.2, 0) is 4.79 Å². The van der Waals surface area contributed by atoms with Crippen LogP contribution in [0.3, 0.4) is 0 Å². The van der Waals surface area contributed by atoms with Crippen LogP contribution in [0.25, 0.3) is 0 Å². The van der Waals surface area contributed by atoms with E-state index >= 15 is 0 Å². The van der Waals surface area contributed by atoms with Gasteiger partial charge in [0.1, 0.15) is 0 Å². The number of hydrogen-bond acceptors (Lipinski definition) is 1. The van der Waals surface area contributed by atoms with Crippen LogP contribution < -0.4 is 5.32 Å². The highest BCUT2D eigenvalue weighted by Gasteiger charge is 2.49. The largest absolute Gasteiger partial charge is 0.346 e. The molecule has 0 spiro atoms. The fraction of sp³-hybridized carbons (Fsp3) is 0.800. The molecule has 2 saturated carbocycles. The Hall–Kier alpha value is -0.790. The molecule has 94 valence electrons. The molecule has 3 aliphatic rings. The van der Waals surface area contributed by atoms with Crippen LogP contribution in [0.5, 0.6) is 0 Å². The van der Waals surface area contributed by atoms with Gasteiger partial charge in [0.2, 0.25) is 5.91 Å². The lowest BCUT2D eigenvalue weighted by molar-refractivity contribution is -0.117. The summed E-state index contributed by atoms with van der Waals surface area (Å²) >= 11 is 0. The number of hydrogen-bond donors (Lipinski definition) is 1. The van der Waals surface area contributed by atoms with Crippen molar-refractivity contribution in [1.82, 2.24) is 5.32 Å². The molecule has 17 heavy (non-hydrogen) atoms. The molecule has 2 aliphatic carbocycles. The molecule has 1 heterocycles. The molecule has 0 bridgehead atoms. The lowest BCUT2D eigenvalue weighted by atomic mass is 9.54. The molecule has 0 aromatic rings. The lowest BCUT2D eigenvalue weighted by Gasteiger charge is -2.51. The van der Waals surface area contributed by atoms with Crippen molar-refractivity contribution < 1.29 is 4.79 Å². The highest BCUT2D eigenvalue weighted by atomic mass is 16.2. The summed E-state index contributed by atoms with van der Waals surface area (Å²) < 4.78 is 0. The third-order valence-electron chi connectivity index (χ3n) is 5.89. The first-order chi connectivity index (χ1) is 8.02. The van der Waals surface area contributed by atoms with Crippen molar-refractivity contribution in [2.45, 2.75) is 58.9 Å². The lowest BCUT2D eigenvalue weighted by Crippen LogP contribution is -2.46. The number of carbonyl (C=O) groups excluding carboxylic acids is 1. The molecule has 1 aliphatic heterocycles. The summed E-state index contributed by atoms with van der Waals surface area (Å²) in [5.74, 6) is 1.80. The van der Waals surface area contributed by atoms with Crippen molar-refractivity contribution in [3.63, 3.8) is 0 Å².